The van der Waals surface area contributed by atoms with Crippen LogP contribution in [-0.4, -0.2) is 9.55 Å². The van der Waals surface area contributed by atoms with E-state index >= 15 is 0 Å². The summed E-state index contributed by atoms with van der Waals surface area (Å²) >= 11 is 13.3. The largest absolute Gasteiger partial charge is 0.321 e. The molecule has 2 aromatic heterocycles. The molecule has 0 spiro atoms. The lowest BCUT2D eigenvalue weighted by molar-refractivity contribution is 0.644. The monoisotopic (exact) mass is 275 g/mol. The zero-order valence-corrected chi connectivity index (χ0v) is 11.0. The van der Waals surface area contributed by atoms with Gasteiger partial charge in [0.2, 0.25) is 0 Å². The van der Waals surface area contributed by atoms with Crippen LogP contribution in [0.1, 0.15) is 10.7 Å². The van der Waals surface area contributed by atoms with E-state index in [2.05, 4.69) is 10.3 Å². The van der Waals surface area contributed by atoms with Gasteiger partial charge in [0.15, 0.2) is 0 Å². The summed E-state index contributed by atoms with van der Waals surface area (Å²) in [5, 5.41) is 3.94. The van der Waals surface area contributed by atoms with Crippen LogP contribution in [0.3, 0.4) is 0 Å². The average Bonchev–Trinajstić information content (AvgIpc) is 2.79. The van der Waals surface area contributed by atoms with E-state index in [1.807, 2.05) is 23.7 Å². The normalized spacial score (nSPS) is 10.9. The molecule has 0 aliphatic rings. The van der Waals surface area contributed by atoms with Gasteiger partial charge >= 0.3 is 0 Å². The van der Waals surface area contributed by atoms with Crippen molar-refractivity contribution in [2.24, 2.45) is 7.05 Å². The summed E-state index contributed by atoms with van der Waals surface area (Å²) in [6.45, 7) is 1.49. The second kappa shape index (κ2) is 5.19. The maximum atomic E-state index is 5.89. The van der Waals surface area contributed by atoms with Crippen LogP contribution < -0.4 is 5.32 Å². The van der Waals surface area contributed by atoms with E-state index in [-0.39, 0.29) is 0 Å². The molecule has 1 N–H and O–H groups in total. The van der Waals surface area contributed by atoms with Crippen molar-refractivity contribution < 1.29 is 0 Å². The van der Waals surface area contributed by atoms with Gasteiger partial charge in [0.25, 0.3) is 0 Å². The molecule has 2 aromatic rings. The molecule has 0 fully saturated rings. The Morgan fingerprint density at radius 2 is 2.19 bits per heavy atom. The Hall–Kier alpha value is -0.550. The third-order valence-corrected chi connectivity index (χ3v) is 3.82. The fraction of sp³-hybridized carbons (Fsp3) is 0.300. The number of imidazole rings is 1. The van der Waals surface area contributed by atoms with E-state index in [0.29, 0.717) is 11.7 Å². The first kappa shape index (κ1) is 11.9. The number of aromatic nitrogens is 2. The second-order valence-electron chi connectivity index (χ2n) is 3.37. The quantitative estimate of drug-likeness (QED) is 0.930. The first-order valence-corrected chi connectivity index (χ1v) is 6.35. The third-order valence-electron chi connectivity index (χ3n) is 2.24. The van der Waals surface area contributed by atoms with Gasteiger partial charge in [-0.05, 0) is 12.1 Å². The van der Waals surface area contributed by atoms with Crippen LogP contribution in [0.5, 0.6) is 0 Å². The van der Waals surface area contributed by atoms with Crippen molar-refractivity contribution in [2.45, 2.75) is 13.1 Å². The molecule has 0 unspecified atom stereocenters. The Morgan fingerprint density at radius 3 is 2.75 bits per heavy atom. The second-order valence-corrected chi connectivity index (χ2v) is 5.55. The van der Waals surface area contributed by atoms with E-state index in [1.54, 1.807) is 17.5 Å². The van der Waals surface area contributed by atoms with Crippen molar-refractivity contribution in [3.63, 3.8) is 0 Å². The summed E-state index contributed by atoms with van der Waals surface area (Å²) in [5.41, 5.74) is 0. The highest BCUT2D eigenvalue weighted by Gasteiger charge is 2.04. The Morgan fingerprint density at radius 1 is 1.38 bits per heavy atom. The molecule has 6 heteroatoms. The molecular formula is C10H11Cl2N3S. The number of hydrogen-bond donors (Lipinski definition) is 1. The van der Waals surface area contributed by atoms with Gasteiger partial charge < -0.3 is 9.88 Å². The van der Waals surface area contributed by atoms with E-state index in [1.165, 1.54) is 4.88 Å². The Kier molecular flexibility index (Phi) is 3.86. The van der Waals surface area contributed by atoms with Crippen molar-refractivity contribution in [1.82, 2.24) is 14.9 Å². The van der Waals surface area contributed by atoms with Crippen LogP contribution >= 0.6 is 34.5 Å². The van der Waals surface area contributed by atoms with Gasteiger partial charge in [-0.15, -0.1) is 11.3 Å². The third kappa shape index (κ3) is 2.77. The van der Waals surface area contributed by atoms with Crippen LogP contribution in [0.15, 0.2) is 18.3 Å². The van der Waals surface area contributed by atoms with Gasteiger partial charge in [-0.3, -0.25) is 0 Å². The smallest absolute Gasteiger partial charge is 0.128 e. The van der Waals surface area contributed by atoms with Crippen molar-refractivity contribution in [1.29, 1.82) is 0 Å². The van der Waals surface area contributed by atoms with Crippen molar-refractivity contribution in [3.8, 4) is 0 Å². The van der Waals surface area contributed by atoms with E-state index in [9.17, 15) is 0 Å². The first-order chi connectivity index (χ1) is 7.66. The minimum absolute atomic E-state index is 0.649. The highest BCUT2D eigenvalue weighted by Crippen LogP contribution is 2.21. The van der Waals surface area contributed by atoms with Crippen LogP contribution in [0.4, 0.5) is 0 Å². The molecule has 0 saturated heterocycles. The summed E-state index contributed by atoms with van der Waals surface area (Å²) in [6.07, 6.45) is 1.65. The standard InChI is InChI=1S/C10H11Cl2N3S/c1-15-8(11)5-14-10(15)6-13-4-7-2-3-9(12)16-7/h2-3,5,13H,4,6H2,1H3. The summed E-state index contributed by atoms with van der Waals surface area (Å²) in [7, 11) is 1.90. The molecule has 2 heterocycles. The van der Waals surface area contributed by atoms with Crippen LogP contribution in [-0.2, 0) is 20.1 Å². The molecule has 16 heavy (non-hydrogen) atoms. The Balaban J connectivity index is 1.86. The number of nitrogens with zero attached hydrogens (tertiary/aromatic N) is 2. The van der Waals surface area contributed by atoms with Gasteiger partial charge in [-0.1, -0.05) is 23.2 Å². The minimum Gasteiger partial charge on any atom is -0.321 e. The molecule has 86 valence electrons. The van der Waals surface area contributed by atoms with Crippen LogP contribution in [0.25, 0.3) is 0 Å². The van der Waals surface area contributed by atoms with E-state index in [0.717, 1.165) is 16.7 Å². The number of nitrogens with one attached hydrogen (secondary N) is 1. The first-order valence-electron chi connectivity index (χ1n) is 4.78. The lowest BCUT2D eigenvalue weighted by Gasteiger charge is -2.03. The van der Waals surface area contributed by atoms with Gasteiger partial charge in [0.05, 0.1) is 17.1 Å². The number of halogens is 2. The molecule has 0 aromatic carbocycles. The number of hydrogen-bond acceptors (Lipinski definition) is 3. The molecule has 0 radical (unpaired) electrons. The van der Waals surface area contributed by atoms with Crippen molar-refractivity contribution in [2.75, 3.05) is 0 Å². The lowest BCUT2D eigenvalue weighted by Crippen LogP contribution is -2.15. The predicted molar refractivity (Wildman–Crippen MR) is 68.1 cm³/mol. The van der Waals surface area contributed by atoms with Gasteiger partial charge in [-0.2, -0.15) is 0 Å². The Labute approximate surface area is 108 Å². The fourth-order valence-electron chi connectivity index (χ4n) is 1.33. The van der Waals surface area contributed by atoms with Gasteiger partial charge in [0, 0.05) is 18.5 Å². The zero-order chi connectivity index (χ0) is 11.5. The topological polar surface area (TPSA) is 29.9 Å². The maximum absolute atomic E-state index is 5.89. The molecule has 0 aliphatic heterocycles. The summed E-state index contributed by atoms with van der Waals surface area (Å²) in [5.74, 6) is 0.924. The number of rotatable bonds is 4. The minimum atomic E-state index is 0.649. The van der Waals surface area contributed by atoms with Gasteiger partial charge in [-0.25, -0.2) is 4.98 Å². The van der Waals surface area contributed by atoms with Crippen LogP contribution in [0, 0.1) is 0 Å². The lowest BCUT2D eigenvalue weighted by atomic mass is 10.4. The molecule has 0 atom stereocenters. The Bertz CT molecular complexity index is 478. The summed E-state index contributed by atoms with van der Waals surface area (Å²) in [4.78, 5) is 5.41. The molecule has 0 aliphatic carbocycles. The average molecular weight is 276 g/mol. The predicted octanol–water partition coefficient (Wildman–Crippen LogP) is 3.08. The van der Waals surface area contributed by atoms with Gasteiger partial charge in [0.1, 0.15) is 11.0 Å². The molecular weight excluding hydrogens is 265 g/mol. The fourth-order valence-corrected chi connectivity index (χ4v) is 2.54. The molecule has 2 rings (SSSR count). The van der Waals surface area contributed by atoms with E-state index in [4.69, 9.17) is 23.2 Å². The zero-order valence-electron chi connectivity index (χ0n) is 8.70. The summed E-state index contributed by atoms with van der Waals surface area (Å²) in [6, 6.07) is 3.92. The summed E-state index contributed by atoms with van der Waals surface area (Å²) < 4.78 is 2.67. The van der Waals surface area contributed by atoms with E-state index < -0.39 is 0 Å². The highest BCUT2D eigenvalue weighted by molar-refractivity contribution is 7.16. The van der Waals surface area contributed by atoms with Crippen LogP contribution in [0.2, 0.25) is 9.49 Å². The molecule has 3 nitrogen and oxygen atoms in total. The maximum Gasteiger partial charge on any atom is 0.128 e. The molecule has 0 amide bonds. The SMILES string of the molecule is Cn1c(Cl)cnc1CNCc1ccc(Cl)s1. The number of thiophene rings is 1. The molecule has 0 saturated carbocycles. The highest BCUT2D eigenvalue weighted by atomic mass is 35.5. The van der Waals surface area contributed by atoms with Crippen molar-refractivity contribution in [3.05, 3.63) is 38.5 Å². The van der Waals surface area contributed by atoms with Crippen molar-refractivity contribution >= 4 is 34.5 Å². The molecule has 0 bridgehead atoms.